The van der Waals surface area contributed by atoms with E-state index in [1.165, 1.54) is 0 Å². The Morgan fingerprint density at radius 2 is 1.11 bits per heavy atom. The highest BCUT2D eigenvalue weighted by atomic mass is 17.2. The maximum absolute atomic E-state index is 12.5. The van der Waals surface area contributed by atoms with Gasteiger partial charge in [0.25, 0.3) is 0 Å². The van der Waals surface area contributed by atoms with Gasteiger partial charge >= 0.3 is 6.16 Å². The van der Waals surface area contributed by atoms with Crippen LogP contribution in [0.25, 0.3) is 0 Å². The van der Waals surface area contributed by atoms with Crippen molar-refractivity contribution in [3.8, 4) is 0 Å². The zero-order chi connectivity index (χ0) is 19.8. The second-order valence-electron chi connectivity index (χ2n) is 6.65. The van der Waals surface area contributed by atoms with Crippen LogP contribution in [0.5, 0.6) is 0 Å². The van der Waals surface area contributed by atoms with Gasteiger partial charge in [0.05, 0.1) is 0 Å². The largest absolute Gasteiger partial charge is 0.541 e. The van der Waals surface area contributed by atoms with Gasteiger partial charge in [-0.05, 0) is 36.8 Å². The van der Waals surface area contributed by atoms with E-state index < -0.39 is 17.4 Å². The average Bonchev–Trinajstić information content (AvgIpc) is 2.74. The molecule has 146 valence electrons. The van der Waals surface area contributed by atoms with E-state index in [-0.39, 0.29) is 0 Å². The van der Waals surface area contributed by atoms with E-state index in [0.29, 0.717) is 25.7 Å². The highest BCUT2D eigenvalue weighted by Gasteiger charge is 2.36. The molecule has 0 N–H and O–H groups in total. The van der Waals surface area contributed by atoms with Crippen molar-refractivity contribution in [2.45, 2.75) is 64.6 Å². The predicted molar refractivity (Wildman–Crippen MR) is 106 cm³/mol. The van der Waals surface area contributed by atoms with Crippen LogP contribution in [0.15, 0.2) is 60.7 Å². The van der Waals surface area contributed by atoms with Crippen LogP contribution in [0.1, 0.15) is 64.5 Å². The van der Waals surface area contributed by atoms with E-state index in [0.717, 1.165) is 11.1 Å². The highest BCUT2D eigenvalue weighted by Crippen LogP contribution is 2.36. The van der Waals surface area contributed by atoms with E-state index in [4.69, 9.17) is 14.5 Å². The van der Waals surface area contributed by atoms with Crippen molar-refractivity contribution in [1.29, 1.82) is 0 Å². The fourth-order valence-corrected chi connectivity index (χ4v) is 3.46. The monoisotopic (exact) mass is 370 g/mol. The first-order valence-corrected chi connectivity index (χ1v) is 9.75. The van der Waals surface area contributed by atoms with Crippen molar-refractivity contribution in [2.24, 2.45) is 0 Å². The van der Waals surface area contributed by atoms with E-state index in [1.807, 2.05) is 88.4 Å². The molecule has 2 rings (SSSR count). The summed E-state index contributed by atoms with van der Waals surface area (Å²) < 4.78 is 5.76. The lowest BCUT2D eigenvalue weighted by atomic mass is 9.88. The van der Waals surface area contributed by atoms with E-state index in [1.54, 1.807) is 0 Å². The maximum atomic E-state index is 12.5. The van der Waals surface area contributed by atoms with Crippen LogP contribution in [0.3, 0.4) is 0 Å². The molecule has 0 saturated heterocycles. The standard InChI is InChI=1S/C23H30O4/c1-5-22(6-2,19-15-11-9-12-16-19)25-21(24)26-27-23(7-3,8-4)20-17-13-10-14-18-20/h9-18H,5-8H2,1-4H3. The zero-order valence-corrected chi connectivity index (χ0v) is 16.7. The number of carbonyl (C=O) groups excluding carboxylic acids is 1. The van der Waals surface area contributed by atoms with Gasteiger partial charge < -0.3 is 4.74 Å². The van der Waals surface area contributed by atoms with Crippen LogP contribution in [-0.4, -0.2) is 6.16 Å². The number of rotatable bonds is 9. The average molecular weight is 370 g/mol. The molecule has 0 aliphatic heterocycles. The second kappa shape index (κ2) is 9.56. The lowest BCUT2D eigenvalue weighted by Gasteiger charge is -2.33. The predicted octanol–water partition coefficient (Wildman–Crippen LogP) is 6.50. The van der Waals surface area contributed by atoms with Crippen LogP contribution < -0.4 is 0 Å². The van der Waals surface area contributed by atoms with Gasteiger partial charge in [-0.2, -0.15) is 4.89 Å². The molecular formula is C23H30O4. The molecule has 0 unspecified atom stereocenters. The van der Waals surface area contributed by atoms with Gasteiger partial charge in [0, 0.05) is 0 Å². The Bertz CT molecular complexity index is 689. The molecule has 0 spiro atoms. The third kappa shape index (κ3) is 4.69. The number of hydrogen-bond acceptors (Lipinski definition) is 4. The summed E-state index contributed by atoms with van der Waals surface area (Å²) in [5.74, 6) is 0. The Hall–Kier alpha value is -2.33. The molecule has 0 amide bonds. The van der Waals surface area contributed by atoms with Crippen LogP contribution in [0.2, 0.25) is 0 Å². The molecule has 0 aliphatic rings. The number of benzene rings is 2. The third-order valence-electron chi connectivity index (χ3n) is 5.43. The molecule has 0 aliphatic carbocycles. The Kier molecular flexibility index (Phi) is 7.43. The Morgan fingerprint density at radius 3 is 1.52 bits per heavy atom. The minimum absolute atomic E-state index is 0.647. The van der Waals surface area contributed by atoms with Crippen LogP contribution in [0.4, 0.5) is 4.79 Å². The van der Waals surface area contributed by atoms with Gasteiger partial charge in [0.15, 0.2) is 0 Å². The molecule has 0 bridgehead atoms. The highest BCUT2D eigenvalue weighted by molar-refractivity contribution is 5.60. The maximum Gasteiger partial charge on any atom is 0.541 e. The van der Waals surface area contributed by atoms with Crippen molar-refractivity contribution in [1.82, 2.24) is 0 Å². The lowest BCUT2D eigenvalue weighted by molar-refractivity contribution is -0.339. The summed E-state index contributed by atoms with van der Waals surface area (Å²) in [7, 11) is 0. The van der Waals surface area contributed by atoms with E-state index in [9.17, 15) is 4.79 Å². The molecule has 4 nitrogen and oxygen atoms in total. The molecule has 0 atom stereocenters. The Balaban J connectivity index is 2.13. The van der Waals surface area contributed by atoms with E-state index >= 15 is 0 Å². The first kappa shape index (κ1) is 21.0. The minimum Gasteiger partial charge on any atom is -0.421 e. The number of ether oxygens (including phenoxy) is 1. The van der Waals surface area contributed by atoms with Gasteiger partial charge in [0.1, 0.15) is 11.2 Å². The molecule has 0 aromatic heterocycles. The topological polar surface area (TPSA) is 44.8 Å². The van der Waals surface area contributed by atoms with Crippen LogP contribution in [0, 0.1) is 0 Å². The van der Waals surface area contributed by atoms with Gasteiger partial charge in [-0.3, -0.25) is 4.89 Å². The molecule has 27 heavy (non-hydrogen) atoms. The molecule has 2 aromatic carbocycles. The van der Waals surface area contributed by atoms with Crippen molar-refractivity contribution in [3.05, 3.63) is 71.8 Å². The summed E-state index contributed by atoms with van der Waals surface area (Å²) in [5.41, 5.74) is 0.513. The normalized spacial score (nSPS) is 11.9. The molecular weight excluding hydrogens is 340 g/mol. The summed E-state index contributed by atoms with van der Waals surface area (Å²) in [6.07, 6.45) is 1.82. The first-order chi connectivity index (χ1) is 13.1. The molecule has 2 aromatic rings. The lowest BCUT2D eigenvalue weighted by Crippen LogP contribution is -2.34. The van der Waals surface area contributed by atoms with Gasteiger partial charge in [0.2, 0.25) is 0 Å². The van der Waals surface area contributed by atoms with Crippen LogP contribution >= 0.6 is 0 Å². The summed E-state index contributed by atoms with van der Waals surface area (Å²) in [5, 5.41) is 0. The fourth-order valence-electron chi connectivity index (χ4n) is 3.46. The Labute approximate surface area is 162 Å². The summed E-state index contributed by atoms with van der Waals surface area (Å²) in [6.45, 7) is 8.02. The number of hydrogen-bond donors (Lipinski definition) is 0. The van der Waals surface area contributed by atoms with Crippen molar-refractivity contribution < 1.29 is 19.3 Å². The molecule has 0 radical (unpaired) electrons. The molecule has 4 heteroatoms. The molecule has 0 heterocycles. The zero-order valence-electron chi connectivity index (χ0n) is 16.7. The SMILES string of the molecule is CCC(CC)(OOC(=O)OC(CC)(CC)c1ccccc1)c1ccccc1. The quantitative estimate of drug-likeness (QED) is 0.287. The smallest absolute Gasteiger partial charge is 0.421 e. The van der Waals surface area contributed by atoms with Gasteiger partial charge in [-0.15, -0.1) is 0 Å². The van der Waals surface area contributed by atoms with Crippen LogP contribution in [-0.2, 0) is 25.7 Å². The van der Waals surface area contributed by atoms with Crippen molar-refractivity contribution in [3.63, 3.8) is 0 Å². The summed E-state index contributed by atoms with van der Waals surface area (Å²) in [4.78, 5) is 23.3. The molecule has 0 saturated carbocycles. The van der Waals surface area contributed by atoms with Crippen molar-refractivity contribution in [2.75, 3.05) is 0 Å². The third-order valence-corrected chi connectivity index (χ3v) is 5.43. The minimum atomic E-state index is -0.815. The second-order valence-corrected chi connectivity index (χ2v) is 6.65. The van der Waals surface area contributed by atoms with Gasteiger partial charge in [-0.25, -0.2) is 4.79 Å². The first-order valence-electron chi connectivity index (χ1n) is 9.75. The number of carbonyl (C=O) groups is 1. The van der Waals surface area contributed by atoms with E-state index in [2.05, 4.69) is 0 Å². The van der Waals surface area contributed by atoms with Crippen molar-refractivity contribution >= 4 is 6.16 Å². The fraction of sp³-hybridized carbons (Fsp3) is 0.435. The summed E-state index contributed by atoms with van der Waals surface area (Å²) >= 11 is 0. The Morgan fingerprint density at radius 1 is 0.704 bits per heavy atom. The summed E-state index contributed by atoms with van der Waals surface area (Å²) in [6, 6.07) is 19.6. The molecule has 0 fully saturated rings. The van der Waals surface area contributed by atoms with Gasteiger partial charge in [-0.1, -0.05) is 88.4 Å².